The van der Waals surface area contributed by atoms with Gasteiger partial charge in [0, 0.05) is 0 Å². The smallest absolute Gasteiger partial charge is 0.174 e. The van der Waals surface area contributed by atoms with Gasteiger partial charge in [0.15, 0.2) is 15.2 Å². The van der Waals surface area contributed by atoms with Gasteiger partial charge in [-0.05, 0) is 0 Å². The molecule has 0 aromatic rings. The van der Waals surface area contributed by atoms with E-state index in [0.29, 0.717) is 8.35 Å². The summed E-state index contributed by atoms with van der Waals surface area (Å²) < 4.78 is 0. The minimum atomic E-state index is -1.37. The highest BCUT2D eigenvalue weighted by molar-refractivity contribution is 7.57. The van der Waals surface area contributed by atoms with Crippen LogP contribution < -0.4 is 0 Å². The molecule has 0 spiro atoms. The van der Waals surface area contributed by atoms with Gasteiger partial charge in [0.1, 0.15) is 0 Å². The highest BCUT2D eigenvalue weighted by atomic mass is 35.6. The second kappa shape index (κ2) is 2.35. The molecular formula is C2H6Cl2Si2. The molecular weight excluding hydrogens is 151 g/mol. The van der Waals surface area contributed by atoms with Crippen molar-refractivity contribution in [2.75, 3.05) is 0 Å². The summed E-state index contributed by atoms with van der Waals surface area (Å²) >= 11 is 11.2. The Morgan fingerprint density at radius 2 is 1.67 bits per heavy atom. The van der Waals surface area contributed by atoms with Gasteiger partial charge in [-0.15, -0.1) is 0 Å². The topological polar surface area (TPSA) is 0 Å². The number of halogens is 2. The largest absolute Gasteiger partial charge is 0.178 e. The lowest BCUT2D eigenvalue weighted by Crippen LogP contribution is -2.22. The van der Waals surface area contributed by atoms with Crippen LogP contribution in [0.1, 0.15) is 0 Å². The Balaban J connectivity index is 3.17. The maximum atomic E-state index is 5.74. The van der Waals surface area contributed by atoms with Crippen molar-refractivity contribution < 1.29 is 0 Å². The van der Waals surface area contributed by atoms with Crippen molar-refractivity contribution >= 4 is 37.4 Å². The normalized spacial score (nSPS) is 12.0. The molecule has 0 nitrogen and oxygen atoms in total. The molecule has 0 aliphatic carbocycles. The Labute approximate surface area is 50.9 Å². The van der Waals surface area contributed by atoms with Gasteiger partial charge in [0.2, 0.25) is 0 Å². The average Bonchev–Trinajstić information content (AvgIpc) is 1.35. The lowest BCUT2D eigenvalue weighted by Gasteiger charge is -2.01. The van der Waals surface area contributed by atoms with Crippen LogP contribution in [0.2, 0.25) is 13.1 Å². The number of rotatable bonds is 1. The van der Waals surface area contributed by atoms with Crippen molar-refractivity contribution in [3.8, 4) is 0 Å². The van der Waals surface area contributed by atoms with Gasteiger partial charge < -0.3 is 0 Å². The molecule has 0 bridgehead atoms. The molecule has 0 aromatic heterocycles. The van der Waals surface area contributed by atoms with Gasteiger partial charge in [0.25, 0.3) is 0 Å². The van der Waals surface area contributed by atoms with Gasteiger partial charge in [-0.2, -0.15) is 22.2 Å². The van der Waals surface area contributed by atoms with E-state index >= 15 is 0 Å². The summed E-state index contributed by atoms with van der Waals surface area (Å²) in [6, 6.07) is 0. The molecule has 0 saturated heterocycles. The highest BCUT2D eigenvalue weighted by Gasteiger charge is 2.15. The van der Waals surface area contributed by atoms with E-state index in [4.69, 9.17) is 22.2 Å². The first-order valence-electron chi connectivity index (χ1n) is 1.63. The molecule has 0 aliphatic heterocycles. The summed E-state index contributed by atoms with van der Waals surface area (Å²) in [5, 5.41) is 0. The Morgan fingerprint density at radius 3 is 1.67 bits per heavy atom. The summed E-state index contributed by atoms with van der Waals surface area (Å²) in [5.74, 6) is 0. The van der Waals surface area contributed by atoms with E-state index in [-0.39, 0.29) is 0 Å². The third-order valence-electron chi connectivity index (χ3n) is 0.225. The molecule has 2 radical (unpaired) electrons. The van der Waals surface area contributed by atoms with Crippen LogP contribution in [0.3, 0.4) is 0 Å². The first kappa shape index (κ1) is 7.01. The molecule has 0 saturated carbocycles. The van der Waals surface area contributed by atoms with Crippen LogP contribution in [0.15, 0.2) is 0 Å². The van der Waals surface area contributed by atoms with Gasteiger partial charge in [-0.25, -0.2) is 0 Å². The lowest BCUT2D eigenvalue weighted by molar-refractivity contribution is 2.06. The lowest BCUT2D eigenvalue weighted by atomic mass is 11.9. The zero-order valence-electron chi connectivity index (χ0n) is 3.76. The van der Waals surface area contributed by atoms with Crippen LogP contribution in [0.25, 0.3) is 0 Å². The zero-order valence-corrected chi connectivity index (χ0v) is 7.27. The Hall–Kier alpha value is 1.01. The van der Waals surface area contributed by atoms with E-state index in [9.17, 15) is 0 Å². The van der Waals surface area contributed by atoms with Crippen LogP contribution in [0.5, 0.6) is 0 Å². The van der Waals surface area contributed by atoms with Crippen LogP contribution in [0, 0.1) is 0 Å². The van der Waals surface area contributed by atoms with Crippen molar-refractivity contribution in [3.05, 3.63) is 0 Å². The van der Waals surface area contributed by atoms with Gasteiger partial charge in [-0.1, -0.05) is 13.1 Å². The standard InChI is InChI=1S/C2H6Cl2Si2/c1-6(2,4)5-3/h1-2H3. The molecule has 36 valence electrons. The van der Waals surface area contributed by atoms with Crippen molar-refractivity contribution in [2.45, 2.75) is 13.1 Å². The molecule has 0 atom stereocenters. The van der Waals surface area contributed by atoms with Crippen molar-refractivity contribution in [1.29, 1.82) is 0 Å². The predicted octanol–water partition coefficient (Wildman–Crippen LogP) is 1.78. The molecule has 0 heterocycles. The minimum absolute atomic E-state index is 0.444. The third-order valence-corrected chi connectivity index (χ3v) is 8.00. The highest BCUT2D eigenvalue weighted by Crippen LogP contribution is 2.05. The number of hydrogen-bond acceptors (Lipinski definition) is 0. The minimum Gasteiger partial charge on any atom is -0.174 e. The Bertz CT molecular complexity index is 39.3. The first-order chi connectivity index (χ1) is 2.56. The maximum absolute atomic E-state index is 5.74. The number of hydrogen-bond donors (Lipinski definition) is 0. The zero-order chi connectivity index (χ0) is 5.21. The quantitative estimate of drug-likeness (QED) is 0.402. The molecule has 6 heavy (non-hydrogen) atoms. The third kappa shape index (κ3) is 5.01. The van der Waals surface area contributed by atoms with E-state index in [0.717, 1.165) is 0 Å². The summed E-state index contributed by atoms with van der Waals surface area (Å²) in [6.07, 6.45) is 0. The summed E-state index contributed by atoms with van der Waals surface area (Å²) in [5.41, 5.74) is 0. The van der Waals surface area contributed by atoms with E-state index in [1.54, 1.807) is 0 Å². The molecule has 0 N–H and O–H groups in total. The fraction of sp³-hybridized carbons (Fsp3) is 1.00. The average molecular weight is 157 g/mol. The van der Waals surface area contributed by atoms with Crippen LogP contribution in [0.4, 0.5) is 0 Å². The van der Waals surface area contributed by atoms with Crippen molar-refractivity contribution in [3.63, 3.8) is 0 Å². The molecule has 0 aromatic carbocycles. The second-order valence-electron chi connectivity index (χ2n) is 1.57. The van der Waals surface area contributed by atoms with E-state index in [2.05, 4.69) is 0 Å². The predicted molar refractivity (Wildman–Crippen MR) is 34.9 cm³/mol. The fourth-order valence-electron chi connectivity index (χ4n) is 0. The molecule has 0 fully saturated rings. The van der Waals surface area contributed by atoms with E-state index in [1.807, 2.05) is 13.1 Å². The first-order valence-corrected chi connectivity index (χ1v) is 8.65. The summed E-state index contributed by atoms with van der Waals surface area (Å²) in [6.45, 7) is 2.69. The molecule has 0 rings (SSSR count). The fourth-order valence-corrected chi connectivity index (χ4v) is 0. The molecule has 4 heteroatoms. The van der Waals surface area contributed by atoms with Crippen molar-refractivity contribution in [1.82, 2.24) is 0 Å². The second-order valence-corrected chi connectivity index (χ2v) is 14.5. The van der Waals surface area contributed by atoms with Crippen molar-refractivity contribution in [2.24, 2.45) is 0 Å². The molecule has 0 unspecified atom stereocenters. The van der Waals surface area contributed by atoms with Crippen LogP contribution in [-0.4, -0.2) is 15.2 Å². The van der Waals surface area contributed by atoms with E-state index in [1.165, 1.54) is 0 Å². The maximum Gasteiger partial charge on any atom is 0.178 e. The Kier molecular flexibility index (Phi) is 2.75. The molecule has 0 amide bonds. The van der Waals surface area contributed by atoms with Gasteiger partial charge in [0.05, 0.1) is 0 Å². The Morgan fingerprint density at radius 1 is 1.50 bits per heavy atom. The summed E-state index contributed by atoms with van der Waals surface area (Å²) in [7, 11) is 0.444. The van der Waals surface area contributed by atoms with E-state index < -0.39 is 6.90 Å². The summed E-state index contributed by atoms with van der Waals surface area (Å²) in [4.78, 5) is 0. The van der Waals surface area contributed by atoms with Gasteiger partial charge in [-0.3, -0.25) is 0 Å². The SMILES string of the molecule is C[Si](C)(Cl)[Si]Cl. The van der Waals surface area contributed by atoms with Gasteiger partial charge >= 0.3 is 0 Å². The van der Waals surface area contributed by atoms with Crippen LogP contribution in [-0.2, 0) is 0 Å². The monoisotopic (exact) mass is 156 g/mol. The van der Waals surface area contributed by atoms with Crippen LogP contribution >= 0.6 is 22.2 Å². The molecule has 0 aliphatic rings.